The largest absolute Gasteiger partial charge is 0.507 e. The monoisotopic (exact) mass is 1870 g/mol. The first kappa shape index (κ1) is 94.1. The van der Waals surface area contributed by atoms with Crippen LogP contribution in [-0.4, -0.2) is 136 Å². The molecule has 142 heavy (non-hydrogen) atoms. The van der Waals surface area contributed by atoms with Crippen molar-refractivity contribution in [1.29, 1.82) is 0 Å². The third-order valence-corrected chi connectivity index (χ3v) is 21.8. The van der Waals surface area contributed by atoms with E-state index in [-0.39, 0.29) is 34.8 Å². The van der Waals surface area contributed by atoms with Crippen LogP contribution in [0.2, 0.25) is 0 Å². The highest BCUT2D eigenvalue weighted by molar-refractivity contribution is 5.78. The summed E-state index contributed by atoms with van der Waals surface area (Å²) in [5.74, 6) is 10.6. The molecule has 26 nitrogen and oxygen atoms in total. The minimum absolute atomic E-state index is 0.0542. The Morgan fingerprint density at radius 3 is 0.662 bits per heavy atom. The molecular weight excluding hydrogens is 1780 g/mol. The van der Waals surface area contributed by atoms with Crippen LogP contribution in [0.3, 0.4) is 0 Å². The van der Waals surface area contributed by atoms with E-state index in [1.165, 1.54) is 0 Å². The summed E-state index contributed by atoms with van der Waals surface area (Å²) in [7, 11) is 7.83. The molecule has 694 valence electrons. The van der Waals surface area contributed by atoms with Gasteiger partial charge < -0.3 is 54.0 Å². The van der Waals surface area contributed by atoms with Gasteiger partial charge in [-0.1, -0.05) is 303 Å². The number of hydrogen-bond acceptors (Lipinski definition) is 26. The van der Waals surface area contributed by atoms with Crippen molar-refractivity contribution in [3.8, 4) is 240 Å². The molecule has 0 amide bonds. The molecule has 5 aromatic heterocycles. The van der Waals surface area contributed by atoms with Crippen LogP contribution in [0.25, 0.3) is 171 Å². The molecule has 0 spiro atoms. The van der Waals surface area contributed by atoms with Crippen LogP contribution in [0, 0.1) is 0 Å². The Morgan fingerprint density at radius 1 is 0.155 bits per heavy atom. The Morgan fingerprint density at radius 2 is 0.373 bits per heavy atom. The van der Waals surface area contributed by atoms with Crippen molar-refractivity contribution in [1.82, 2.24) is 74.8 Å². The third kappa shape index (κ3) is 23.3. The summed E-state index contributed by atoms with van der Waals surface area (Å²) in [5.41, 5.74) is 12.6. The number of para-hydroxylation sites is 5. The molecule has 0 fully saturated rings. The van der Waals surface area contributed by atoms with Gasteiger partial charge in [0, 0.05) is 56.1 Å². The Balaban J connectivity index is 0.000000122. The van der Waals surface area contributed by atoms with E-state index in [0.717, 1.165) is 61.4 Å². The maximum absolute atomic E-state index is 10.4. The van der Waals surface area contributed by atoms with Crippen LogP contribution in [-0.2, 0) is 0 Å². The van der Waals surface area contributed by atoms with E-state index < -0.39 is 0 Å². The van der Waals surface area contributed by atoms with Gasteiger partial charge >= 0.3 is 6.01 Å². The van der Waals surface area contributed by atoms with E-state index in [0.29, 0.717) is 144 Å². The number of ether oxygens (including phenoxy) is 6. The van der Waals surface area contributed by atoms with Gasteiger partial charge in [0.25, 0.3) is 0 Å². The Bertz CT molecular complexity index is 7700. The van der Waals surface area contributed by atoms with Crippen LogP contribution < -0.4 is 28.4 Å². The number of methoxy groups -OCH3 is 5. The fourth-order valence-electron chi connectivity index (χ4n) is 14.7. The average molecular weight is 1870 g/mol. The molecule has 26 heteroatoms. The second-order valence-corrected chi connectivity index (χ2v) is 31.1. The number of nitrogens with zero attached hydrogens (tertiary/aromatic N) is 15. The summed E-state index contributed by atoms with van der Waals surface area (Å²) in [6, 6.07) is 130. The van der Waals surface area contributed by atoms with Gasteiger partial charge in [-0.3, -0.25) is 0 Å². The van der Waals surface area contributed by atoms with Gasteiger partial charge in [0.15, 0.2) is 93.0 Å². The van der Waals surface area contributed by atoms with Crippen molar-refractivity contribution >= 4 is 0 Å². The Hall–Kier alpha value is -19.6. The van der Waals surface area contributed by atoms with Gasteiger partial charge in [0.2, 0.25) is 5.75 Å². The van der Waals surface area contributed by atoms with Crippen molar-refractivity contribution < 1.29 is 54.0 Å². The molecule has 21 aromatic rings. The van der Waals surface area contributed by atoms with Gasteiger partial charge in [-0.15, -0.1) is 0 Å². The molecule has 0 aliphatic rings. The molecule has 0 radical (unpaired) electrons. The topological polar surface area (TPSA) is 350 Å². The van der Waals surface area contributed by atoms with Gasteiger partial charge in [-0.25, -0.2) is 64.8 Å². The summed E-state index contributed by atoms with van der Waals surface area (Å²) in [4.78, 5) is 68.9. The molecule has 0 atom stereocenters. The molecular formula is C116H89N15O11. The summed E-state index contributed by atoms with van der Waals surface area (Å²) in [6.45, 7) is 0. The van der Waals surface area contributed by atoms with E-state index in [4.69, 9.17) is 33.4 Å². The molecule has 0 unspecified atom stereocenters. The smallest absolute Gasteiger partial charge is 0.326 e. The number of benzene rings is 16. The zero-order valence-corrected chi connectivity index (χ0v) is 77.2. The van der Waals surface area contributed by atoms with Gasteiger partial charge in [-0.05, 0) is 120 Å². The fraction of sp³-hybridized carbons (Fsp3) is 0.0431. The summed E-state index contributed by atoms with van der Waals surface area (Å²) in [5, 5.41) is 51.5. The van der Waals surface area contributed by atoms with Crippen LogP contribution in [0.15, 0.2) is 419 Å². The van der Waals surface area contributed by atoms with Crippen LogP contribution in [0.5, 0.6) is 69.3 Å². The van der Waals surface area contributed by atoms with Crippen LogP contribution >= 0.6 is 0 Å². The lowest BCUT2D eigenvalue weighted by Gasteiger charge is -2.14. The molecule has 0 bridgehead atoms. The lowest BCUT2D eigenvalue weighted by Crippen LogP contribution is -2.01. The van der Waals surface area contributed by atoms with Crippen LogP contribution in [0.1, 0.15) is 0 Å². The summed E-state index contributed by atoms with van der Waals surface area (Å²) in [6.07, 6.45) is 0. The minimum atomic E-state index is 0.0542. The predicted octanol–water partition coefficient (Wildman–Crippen LogP) is 24.7. The third-order valence-electron chi connectivity index (χ3n) is 21.8. The van der Waals surface area contributed by atoms with Crippen molar-refractivity contribution in [2.45, 2.75) is 0 Å². The van der Waals surface area contributed by atoms with Crippen LogP contribution in [0.4, 0.5) is 0 Å². The molecule has 5 N–H and O–H groups in total. The highest BCUT2D eigenvalue weighted by Gasteiger charge is 2.24. The second kappa shape index (κ2) is 45.6. The van der Waals surface area contributed by atoms with Crippen molar-refractivity contribution in [3.05, 3.63) is 419 Å². The molecule has 0 saturated carbocycles. The predicted molar refractivity (Wildman–Crippen MR) is 548 cm³/mol. The second-order valence-electron chi connectivity index (χ2n) is 31.1. The van der Waals surface area contributed by atoms with Crippen molar-refractivity contribution in [3.63, 3.8) is 0 Å². The Kier molecular flexibility index (Phi) is 30.2. The van der Waals surface area contributed by atoms with Gasteiger partial charge in [0.1, 0.15) is 46.0 Å². The first-order valence-electron chi connectivity index (χ1n) is 44.7. The lowest BCUT2D eigenvalue weighted by atomic mass is 10.0. The number of hydrogen-bond donors (Lipinski definition) is 5. The average Bonchev–Trinajstić information content (AvgIpc) is 0.790. The minimum Gasteiger partial charge on any atom is -0.507 e. The lowest BCUT2D eigenvalue weighted by molar-refractivity contribution is 0.324. The van der Waals surface area contributed by atoms with Crippen molar-refractivity contribution in [2.75, 3.05) is 35.5 Å². The number of phenols is 5. The molecule has 0 aliphatic heterocycles. The fourth-order valence-corrected chi connectivity index (χ4v) is 14.7. The highest BCUT2D eigenvalue weighted by Crippen LogP contribution is 2.43. The summed E-state index contributed by atoms with van der Waals surface area (Å²) < 4.78 is 32.5. The van der Waals surface area contributed by atoms with E-state index in [1.807, 2.05) is 297 Å². The number of aromatic hydroxyl groups is 5. The number of aromatic nitrogens is 15. The van der Waals surface area contributed by atoms with Gasteiger partial charge in [0.05, 0.1) is 63.4 Å². The maximum Gasteiger partial charge on any atom is 0.326 e. The van der Waals surface area contributed by atoms with E-state index in [9.17, 15) is 25.5 Å². The quantitative estimate of drug-likeness (QED) is 0.0421. The number of phenolic OH excluding ortho intramolecular Hbond substituents is 5. The van der Waals surface area contributed by atoms with Crippen molar-refractivity contribution in [2.24, 2.45) is 0 Å². The molecule has 0 aliphatic carbocycles. The highest BCUT2D eigenvalue weighted by atomic mass is 16.5. The van der Waals surface area contributed by atoms with E-state index >= 15 is 0 Å². The first-order valence-corrected chi connectivity index (χ1v) is 44.7. The maximum atomic E-state index is 10.4. The molecule has 21 rings (SSSR count). The molecule has 0 saturated heterocycles. The van der Waals surface area contributed by atoms with Gasteiger partial charge in [-0.2, -0.15) is 9.97 Å². The van der Waals surface area contributed by atoms with E-state index in [2.05, 4.69) is 94.0 Å². The normalized spacial score (nSPS) is 10.6. The van der Waals surface area contributed by atoms with E-state index in [1.54, 1.807) is 133 Å². The molecule has 16 aromatic carbocycles. The Labute approximate surface area is 817 Å². The first-order chi connectivity index (χ1) is 69.7. The zero-order valence-electron chi connectivity index (χ0n) is 77.2. The SMILES string of the molecule is COc1cc(-c2nc(-c3ccccc3)nc(-c3ccccc3O)n2)cc(OC)c1OC.COc1ccc(-c2nc(-c3ccccc3)nc(-c3ccccc3)n2)c(O)c1.COc1ccc(-c2nc(-c3ccccc3)nc(-c3ccccc3O)n2)cc1.Oc1ccccc1-c1nc(-c2ccccc2)nc(-c2ccc(-c3ccccc3)cc2)n1.Oc1ccccc1-c1nc(Oc2ccccc2)nc(-c2ccccc2)n1. The molecule has 5 heterocycles. The number of rotatable bonds is 22. The standard InChI is InChI=1S/C27H19N3O.C24H21N3O4.2C22H17N3O2.C21H15N3O2/c31-24-14-8-7-13-23(24)27-29-25(21-11-5-2-6-12-21)28-26(30-27)22-17-15-20(16-18-22)19-9-3-1-4-10-19;1-29-19-13-16(14-20(30-2)21(19)31-3)23-25-22(15-9-5-4-6-10-15)26-24(27-23)17-11-7-8-12-18(17)28;1-27-17-12-13-18(19(26)14-17)22-24-20(15-8-4-2-5-9-15)23-21(25-22)16-10-6-3-7-11-16;1-27-17-13-11-16(12-14-17)21-23-20(15-7-3-2-4-8-15)24-22(25-21)18-9-5-6-10-19(18)26;25-18-14-8-7-13-17(18)20-22-19(15-9-3-1-4-10-15)23-21(24-20)26-16-11-5-2-6-12-16/h1-18,31H;4-14,28H,1-3H3;2*2-14,26H,1H3;1-14,25H. The summed E-state index contributed by atoms with van der Waals surface area (Å²) >= 11 is 0. The zero-order chi connectivity index (χ0) is 97.9.